The average molecular weight is 508 g/mol. The number of hydrogen-bond acceptors (Lipinski definition) is 8. The fourth-order valence-electron chi connectivity index (χ4n) is 4.01. The summed E-state index contributed by atoms with van der Waals surface area (Å²) in [7, 11) is 0.464. The van der Waals surface area contributed by atoms with Crippen LogP contribution in [0.1, 0.15) is 35.4 Å². The Morgan fingerprint density at radius 2 is 1.79 bits per heavy atom. The van der Waals surface area contributed by atoms with Gasteiger partial charge in [-0.15, -0.1) is 11.3 Å². The van der Waals surface area contributed by atoms with Crippen LogP contribution >= 0.6 is 22.9 Å². The van der Waals surface area contributed by atoms with Gasteiger partial charge in [0, 0.05) is 43.2 Å². The van der Waals surface area contributed by atoms with Crippen LogP contribution in [-0.4, -0.2) is 56.7 Å². The van der Waals surface area contributed by atoms with E-state index < -0.39 is 9.84 Å². The summed E-state index contributed by atoms with van der Waals surface area (Å²) in [5.74, 6) is 1.14. The zero-order chi connectivity index (χ0) is 23.8. The molecule has 0 saturated heterocycles. The third kappa shape index (κ3) is 5.23. The Bertz CT molecular complexity index is 1280. The number of nitrogens with one attached hydrogen (secondary N) is 2. The molecule has 0 aliphatic heterocycles. The zero-order valence-corrected chi connectivity index (χ0v) is 21.0. The number of halogens is 1. The lowest BCUT2D eigenvalue weighted by Gasteiger charge is -2.30. The van der Waals surface area contributed by atoms with Crippen molar-refractivity contribution in [3.8, 4) is 0 Å². The Balaban J connectivity index is 1.38. The number of fused-ring (bicyclic) bond motifs is 1. The van der Waals surface area contributed by atoms with Crippen LogP contribution in [0.2, 0.25) is 5.02 Å². The predicted molar refractivity (Wildman–Crippen MR) is 133 cm³/mol. The first-order valence-electron chi connectivity index (χ1n) is 10.6. The van der Waals surface area contributed by atoms with E-state index in [1.807, 2.05) is 43.3 Å². The molecule has 176 valence electrons. The minimum atomic E-state index is -3.46. The number of carbonyl (C=O) groups excluding carboxylic acids is 1. The number of aromatic nitrogens is 2. The third-order valence-corrected chi connectivity index (χ3v) is 8.57. The second-order valence-corrected chi connectivity index (χ2v) is 11.7. The molecule has 2 heterocycles. The smallest absolute Gasteiger partial charge is 0.263 e. The lowest BCUT2D eigenvalue weighted by Crippen LogP contribution is -2.40. The first kappa shape index (κ1) is 23.7. The molecule has 1 aliphatic carbocycles. The fraction of sp³-hybridized carbons (Fsp3) is 0.409. The van der Waals surface area contributed by atoms with Gasteiger partial charge in [0.25, 0.3) is 5.91 Å². The van der Waals surface area contributed by atoms with Gasteiger partial charge in [-0.1, -0.05) is 23.7 Å². The van der Waals surface area contributed by atoms with Gasteiger partial charge in [0.2, 0.25) is 5.95 Å². The van der Waals surface area contributed by atoms with Crippen molar-refractivity contribution in [1.82, 2.24) is 15.3 Å². The van der Waals surface area contributed by atoms with Crippen LogP contribution in [0.25, 0.3) is 10.9 Å². The van der Waals surface area contributed by atoms with Crippen LogP contribution in [0.4, 0.5) is 11.8 Å². The molecular weight excluding hydrogens is 482 g/mol. The molecule has 1 aliphatic rings. The van der Waals surface area contributed by atoms with Gasteiger partial charge in [-0.3, -0.25) is 4.79 Å². The summed E-state index contributed by atoms with van der Waals surface area (Å²) in [6, 6.07) is 8.15. The fourth-order valence-corrected chi connectivity index (χ4v) is 6.83. The first-order chi connectivity index (χ1) is 15.6. The van der Waals surface area contributed by atoms with Crippen LogP contribution in [0, 0.1) is 0 Å². The van der Waals surface area contributed by atoms with Crippen molar-refractivity contribution in [2.45, 2.75) is 42.7 Å². The van der Waals surface area contributed by atoms with Crippen molar-refractivity contribution in [2.24, 2.45) is 0 Å². The van der Waals surface area contributed by atoms with Gasteiger partial charge in [0.15, 0.2) is 9.84 Å². The molecule has 0 spiro atoms. The second kappa shape index (κ2) is 9.44. The van der Waals surface area contributed by atoms with E-state index in [0.29, 0.717) is 5.95 Å². The largest absolute Gasteiger partial charge is 0.362 e. The van der Waals surface area contributed by atoms with E-state index in [0.717, 1.165) is 60.0 Å². The number of amides is 1. The van der Waals surface area contributed by atoms with Gasteiger partial charge in [-0.2, -0.15) is 4.98 Å². The monoisotopic (exact) mass is 507 g/mol. The summed E-state index contributed by atoms with van der Waals surface area (Å²) in [4.78, 5) is 24.2. The highest BCUT2D eigenvalue weighted by molar-refractivity contribution is 7.91. The number of carbonyl (C=O) groups is 1. The van der Waals surface area contributed by atoms with Crippen molar-refractivity contribution in [3.05, 3.63) is 39.5 Å². The van der Waals surface area contributed by atoms with Crippen LogP contribution in [0.15, 0.2) is 34.5 Å². The lowest BCUT2D eigenvalue weighted by atomic mass is 9.91. The Kier molecular flexibility index (Phi) is 6.78. The van der Waals surface area contributed by atoms with Gasteiger partial charge >= 0.3 is 0 Å². The molecule has 3 aromatic rings. The SMILES string of the molecule is CN(C)c1nc(NC2CCC(NC(=O)c3scc(S(C)(=O)=O)c3Cl)CC2)nc2ccccc12. The van der Waals surface area contributed by atoms with Crippen molar-refractivity contribution in [3.63, 3.8) is 0 Å². The van der Waals surface area contributed by atoms with E-state index in [1.165, 1.54) is 5.38 Å². The molecule has 1 fully saturated rings. The summed E-state index contributed by atoms with van der Waals surface area (Å²) in [6.45, 7) is 0. The zero-order valence-electron chi connectivity index (χ0n) is 18.6. The number of thiophene rings is 1. The molecule has 1 amide bonds. The second-order valence-electron chi connectivity index (χ2n) is 8.46. The molecule has 8 nitrogen and oxygen atoms in total. The van der Waals surface area contributed by atoms with Crippen molar-refractivity contribution in [1.29, 1.82) is 0 Å². The number of benzene rings is 1. The highest BCUT2D eigenvalue weighted by Crippen LogP contribution is 2.32. The Hall–Kier alpha value is -2.43. The first-order valence-corrected chi connectivity index (χ1v) is 13.8. The number of anilines is 2. The number of hydrogen-bond donors (Lipinski definition) is 2. The number of para-hydroxylation sites is 1. The number of sulfone groups is 1. The predicted octanol–water partition coefficient (Wildman–Crippen LogP) is 3.97. The summed E-state index contributed by atoms with van der Waals surface area (Å²) >= 11 is 7.20. The summed E-state index contributed by atoms with van der Waals surface area (Å²) in [6.07, 6.45) is 4.37. The van der Waals surface area contributed by atoms with Gasteiger partial charge in [0.05, 0.1) is 15.4 Å². The molecule has 0 atom stereocenters. The maximum atomic E-state index is 12.7. The highest BCUT2D eigenvalue weighted by Gasteiger charge is 2.27. The minimum absolute atomic E-state index is 0.000275. The van der Waals surface area contributed by atoms with E-state index in [9.17, 15) is 13.2 Å². The molecule has 2 N–H and O–H groups in total. The van der Waals surface area contributed by atoms with Crippen molar-refractivity contribution >= 4 is 61.4 Å². The number of nitrogens with zero attached hydrogens (tertiary/aromatic N) is 3. The van der Waals surface area contributed by atoms with Crippen LogP contribution in [0.5, 0.6) is 0 Å². The topological polar surface area (TPSA) is 104 Å². The highest BCUT2D eigenvalue weighted by atomic mass is 35.5. The van der Waals surface area contributed by atoms with Gasteiger partial charge in [0.1, 0.15) is 10.7 Å². The Morgan fingerprint density at radius 1 is 1.12 bits per heavy atom. The average Bonchev–Trinajstić information content (AvgIpc) is 3.16. The lowest BCUT2D eigenvalue weighted by molar-refractivity contribution is 0.0930. The van der Waals surface area contributed by atoms with Crippen molar-refractivity contribution < 1.29 is 13.2 Å². The van der Waals surface area contributed by atoms with Gasteiger partial charge in [-0.05, 0) is 37.8 Å². The number of rotatable bonds is 6. The maximum absolute atomic E-state index is 12.7. The summed E-state index contributed by atoms with van der Waals surface area (Å²) in [5.41, 5.74) is 0.890. The van der Waals surface area contributed by atoms with E-state index in [1.54, 1.807) is 0 Å². The molecule has 0 unspecified atom stereocenters. The van der Waals surface area contributed by atoms with Crippen LogP contribution < -0.4 is 15.5 Å². The summed E-state index contributed by atoms with van der Waals surface area (Å²) in [5, 5.41) is 8.88. The molecule has 4 rings (SSSR count). The standard InChI is InChI=1S/C22H26ClN5O3S2/c1-28(2)20-15-6-4-5-7-16(15)26-22(27-20)25-14-10-8-13(9-11-14)24-21(29)19-18(23)17(12-32-19)33(3,30)31/h4-7,12-14H,8-11H2,1-3H3,(H,24,29)(H,25,26,27). The molecule has 0 radical (unpaired) electrons. The molecule has 11 heteroatoms. The van der Waals surface area contributed by atoms with Crippen LogP contribution in [-0.2, 0) is 9.84 Å². The quantitative estimate of drug-likeness (QED) is 0.520. The van der Waals surface area contributed by atoms with Gasteiger partial charge < -0.3 is 15.5 Å². The Morgan fingerprint density at radius 3 is 2.42 bits per heavy atom. The summed E-state index contributed by atoms with van der Waals surface area (Å²) < 4.78 is 23.5. The normalized spacial score (nSPS) is 18.8. The van der Waals surface area contributed by atoms with E-state index in [2.05, 4.69) is 15.6 Å². The van der Waals surface area contributed by atoms with E-state index in [-0.39, 0.29) is 32.8 Å². The third-order valence-electron chi connectivity index (χ3n) is 5.71. The molecule has 0 bridgehead atoms. The van der Waals surface area contributed by atoms with E-state index in [4.69, 9.17) is 16.6 Å². The Labute approximate surface area is 202 Å². The molecule has 2 aromatic heterocycles. The maximum Gasteiger partial charge on any atom is 0.263 e. The van der Waals surface area contributed by atoms with Crippen LogP contribution in [0.3, 0.4) is 0 Å². The van der Waals surface area contributed by atoms with Gasteiger partial charge in [-0.25, -0.2) is 13.4 Å². The molecular formula is C22H26ClN5O3S2. The van der Waals surface area contributed by atoms with E-state index >= 15 is 0 Å². The molecule has 1 saturated carbocycles. The molecule has 33 heavy (non-hydrogen) atoms. The minimum Gasteiger partial charge on any atom is -0.362 e. The van der Waals surface area contributed by atoms with Crippen molar-refractivity contribution in [2.75, 3.05) is 30.6 Å². The molecule has 1 aromatic carbocycles.